The van der Waals surface area contributed by atoms with Gasteiger partial charge in [-0.1, -0.05) is 30.3 Å². The van der Waals surface area contributed by atoms with Gasteiger partial charge in [0.1, 0.15) is 5.58 Å². The van der Waals surface area contributed by atoms with Crippen molar-refractivity contribution in [2.75, 3.05) is 5.32 Å². The van der Waals surface area contributed by atoms with E-state index < -0.39 is 12.1 Å². The summed E-state index contributed by atoms with van der Waals surface area (Å²) in [7, 11) is 0. The lowest BCUT2D eigenvalue weighted by Gasteiger charge is -2.13. The Morgan fingerprint density at radius 2 is 1.85 bits per heavy atom. The zero-order valence-electron chi connectivity index (χ0n) is 15.0. The zero-order chi connectivity index (χ0) is 18.7. The van der Waals surface area contributed by atoms with Crippen LogP contribution in [-0.2, 0) is 20.7 Å². The van der Waals surface area contributed by atoms with Crippen LogP contribution in [0.3, 0.4) is 0 Å². The molecule has 1 N–H and O–H groups in total. The molecule has 2 aromatic carbocycles. The molecule has 0 saturated heterocycles. The van der Waals surface area contributed by atoms with E-state index in [9.17, 15) is 9.59 Å². The molecule has 1 aromatic heterocycles. The highest BCUT2D eigenvalue weighted by Gasteiger charge is 2.20. The number of carbonyl (C=O) groups is 2. The lowest BCUT2D eigenvalue weighted by atomic mass is 10.0. The van der Waals surface area contributed by atoms with Crippen molar-refractivity contribution < 1.29 is 18.7 Å². The van der Waals surface area contributed by atoms with Crippen LogP contribution in [0.25, 0.3) is 11.0 Å². The topological polar surface area (TPSA) is 68.5 Å². The number of benzene rings is 2. The van der Waals surface area contributed by atoms with Crippen molar-refractivity contribution in [3.05, 3.63) is 65.4 Å². The molecule has 0 spiro atoms. The molecule has 0 aliphatic heterocycles. The first kappa shape index (κ1) is 17.7. The van der Waals surface area contributed by atoms with E-state index >= 15 is 0 Å². The molecule has 3 rings (SSSR count). The van der Waals surface area contributed by atoms with Gasteiger partial charge in [-0.05, 0) is 44.0 Å². The highest BCUT2D eigenvalue weighted by atomic mass is 16.5. The number of aryl methyl sites for hydroxylation is 2. The minimum Gasteiger partial charge on any atom is -0.464 e. The van der Waals surface area contributed by atoms with Gasteiger partial charge in [-0.25, -0.2) is 0 Å². The molecule has 5 nitrogen and oxygen atoms in total. The summed E-state index contributed by atoms with van der Waals surface area (Å²) >= 11 is 0. The SMILES string of the molecule is Cc1ccc2c(CC(=O)O[C@H](C)C(=O)Nc3ccccc3)coc2c1C. The lowest BCUT2D eigenvalue weighted by Crippen LogP contribution is -2.30. The van der Waals surface area contributed by atoms with E-state index in [1.807, 2.05) is 44.2 Å². The maximum absolute atomic E-state index is 12.2. The number of furan rings is 1. The van der Waals surface area contributed by atoms with Gasteiger partial charge < -0.3 is 14.5 Å². The van der Waals surface area contributed by atoms with Crippen molar-refractivity contribution in [3.63, 3.8) is 0 Å². The fourth-order valence-corrected chi connectivity index (χ4v) is 2.74. The molecule has 1 heterocycles. The zero-order valence-corrected chi connectivity index (χ0v) is 15.0. The van der Waals surface area contributed by atoms with Crippen LogP contribution in [0.2, 0.25) is 0 Å². The van der Waals surface area contributed by atoms with Gasteiger partial charge in [-0.3, -0.25) is 9.59 Å². The van der Waals surface area contributed by atoms with E-state index in [0.717, 1.165) is 27.7 Å². The van der Waals surface area contributed by atoms with Gasteiger partial charge >= 0.3 is 5.97 Å². The molecule has 0 aliphatic rings. The number of esters is 1. The number of fused-ring (bicyclic) bond motifs is 1. The van der Waals surface area contributed by atoms with Crippen LogP contribution in [0, 0.1) is 13.8 Å². The molecule has 0 fully saturated rings. The summed E-state index contributed by atoms with van der Waals surface area (Å²) in [6.45, 7) is 5.55. The van der Waals surface area contributed by atoms with Gasteiger partial charge in [0.05, 0.1) is 12.7 Å². The molecule has 3 aromatic rings. The van der Waals surface area contributed by atoms with Crippen LogP contribution in [0.4, 0.5) is 5.69 Å². The molecule has 0 saturated carbocycles. The van der Waals surface area contributed by atoms with Crippen molar-refractivity contribution in [1.29, 1.82) is 0 Å². The van der Waals surface area contributed by atoms with Gasteiger partial charge in [0.15, 0.2) is 6.10 Å². The first-order valence-electron chi connectivity index (χ1n) is 8.47. The second-order valence-corrected chi connectivity index (χ2v) is 6.31. The van der Waals surface area contributed by atoms with Crippen molar-refractivity contribution in [3.8, 4) is 0 Å². The molecular weight excluding hydrogens is 330 g/mol. The molecule has 134 valence electrons. The smallest absolute Gasteiger partial charge is 0.311 e. The fourth-order valence-electron chi connectivity index (χ4n) is 2.74. The number of hydrogen-bond donors (Lipinski definition) is 1. The molecular formula is C21H21NO4. The molecule has 0 aliphatic carbocycles. The number of nitrogens with one attached hydrogen (secondary N) is 1. The summed E-state index contributed by atoms with van der Waals surface area (Å²) in [5.41, 5.74) is 4.38. The number of ether oxygens (including phenoxy) is 1. The third-order valence-corrected chi connectivity index (χ3v) is 4.40. The number of rotatable bonds is 5. The van der Waals surface area contributed by atoms with Gasteiger partial charge in [-0.2, -0.15) is 0 Å². The van der Waals surface area contributed by atoms with Crippen molar-refractivity contribution in [1.82, 2.24) is 0 Å². The lowest BCUT2D eigenvalue weighted by molar-refractivity contribution is -0.152. The number of hydrogen-bond acceptors (Lipinski definition) is 4. The first-order chi connectivity index (χ1) is 12.5. The molecule has 0 unspecified atom stereocenters. The first-order valence-corrected chi connectivity index (χ1v) is 8.47. The summed E-state index contributed by atoms with van der Waals surface area (Å²) in [4.78, 5) is 24.4. The van der Waals surface area contributed by atoms with Crippen molar-refractivity contribution >= 4 is 28.5 Å². The summed E-state index contributed by atoms with van der Waals surface area (Å²) in [5, 5.41) is 3.61. The Hall–Kier alpha value is -3.08. The Morgan fingerprint density at radius 1 is 1.12 bits per heavy atom. The molecule has 1 atom stereocenters. The number of carbonyl (C=O) groups excluding carboxylic acids is 2. The Kier molecular flexibility index (Phi) is 5.07. The third kappa shape index (κ3) is 3.77. The number of para-hydroxylation sites is 1. The van der Waals surface area contributed by atoms with Crippen molar-refractivity contribution in [2.45, 2.75) is 33.3 Å². The van der Waals surface area contributed by atoms with Crippen LogP contribution in [-0.4, -0.2) is 18.0 Å². The minimum atomic E-state index is -0.884. The fraction of sp³-hybridized carbons (Fsp3) is 0.238. The largest absolute Gasteiger partial charge is 0.464 e. The van der Waals surface area contributed by atoms with Crippen LogP contribution in [0.1, 0.15) is 23.6 Å². The Labute approximate surface area is 152 Å². The predicted molar refractivity (Wildman–Crippen MR) is 100 cm³/mol. The Morgan fingerprint density at radius 3 is 2.58 bits per heavy atom. The Balaban J connectivity index is 1.63. The molecule has 26 heavy (non-hydrogen) atoms. The number of amides is 1. The van der Waals surface area contributed by atoms with E-state index in [0.29, 0.717) is 5.69 Å². The highest BCUT2D eigenvalue weighted by Crippen LogP contribution is 2.27. The summed E-state index contributed by atoms with van der Waals surface area (Å²) in [6.07, 6.45) is 0.746. The predicted octanol–water partition coefficient (Wildman–Crippen LogP) is 4.16. The normalized spacial score (nSPS) is 12.0. The Bertz CT molecular complexity index is 943. The van der Waals surface area contributed by atoms with Crippen LogP contribution in [0.15, 0.2) is 53.1 Å². The average molecular weight is 351 g/mol. The van der Waals surface area contributed by atoms with Crippen LogP contribution in [0.5, 0.6) is 0 Å². The third-order valence-electron chi connectivity index (χ3n) is 4.40. The quantitative estimate of drug-likeness (QED) is 0.701. The summed E-state index contributed by atoms with van der Waals surface area (Å²) in [6, 6.07) is 13.0. The van der Waals surface area contributed by atoms with E-state index in [-0.39, 0.29) is 12.3 Å². The van der Waals surface area contributed by atoms with Gasteiger partial charge in [0, 0.05) is 16.6 Å². The molecule has 0 radical (unpaired) electrons. The minimum absolute atomic E-state index is 0.0540. The maximum atomic E-state index is 12.2. The van der Waals surface area contributed by atoms with E-state index in [4.69, 9.17) is 9.15 Å². The van der Waals surface area contributed by atoms with Gasteiger partial charge in [-0.15, -0.1) is 0 Å². The van der Waals surface area contributed by atoms with E-state index in [2.05, 4.69) is 5.32 Å². The van der Waals surface area contributed by atoms with E-state index in [1.54, 1.807) is 25.3 Å². The average Bonchev–Trinajstić information content (AvgIpc) is 3.02. The van der Waals surface area contributed by atoms with Crippen LogP contribution < -0.4 is 5.32 Å². The second kappa shape index (κ2) is 7.44. The van der Waals surface area contributed by atoms with Crippen molar-refractivity contribution in [2.24, 2.45) is 0 Å². The molecule has 0 bridgehead atoms. The molecule has 5 heteroatoms. The van der Waals surface area contributed by atoms with Gasteiger partial charge in [0.25, 0.3) is 5.91 Å². The van der Waals surface area contributed by atoms with E-state index in [1.165, 1.54) is 0 Å². The summed E-state index contributed by atoms with van der Waals surface area (Å²) < 4.78 is 10.9. The van der Waals surface area contributed by atoms with Gasteiger partial charge in [0.2, 0.25) is 0 Å². The molecule has 1 amide bonds. The van der Waals surface area contributed by atoms with Crippen LogP contribution >= 0.6 is 0 Å². The number of anilines is 1. The summed E-state index contributed by atoms with van der Waals surface area (Å²) in [5.74, 6) is -0.838. The maximum Gasteiger partial charge on any atom is 0.311 e. The monoisotopic (exact) mass is 351 g/mol. The standard InChI is InChI=1S/C21H21NO4/c1-13-9-10-18-16(12-25-20(18)14(13)2)11-19(23)26-15(3)21(24)22-17-7-5-4-6-8-17/h4-10,12,15H,11H2,1-3H3,(H,22,24)/t15-/m1/s1. The highest BCUT2D eigenvalue weighted by molar-refractivity contribution is 5.95. The second-order valence-electron chi connectivity index (χ2n) is 6.31.